The van der Waals surface area contributed by atoms with Gasteiger partial charge in [0.1, 0.15) is 22.9 Å². The van der Waals surface area contributed by atoms with Crippen molar-refractivity contribution in [2.45, 2.75) is 63.1 Å². The Balaban J connectivity index is 1.30. The van der Waals surface area contributed by atoms with E-state index < -0.39 is 49.9 Å². The third-order valence-electron chi connectivity index (χ3n) is 7.68. The van der Waals surface area contributed by atoms with E-state index in [9.17, 15) is 36.0 Å². The quantitative estimate of drug-likeness (QED) is 0.0970. The molecule has 10 nitrogen and oxygen atoms in total. The number of fused-ring (bicyclic) bond motifs is 1. The van der Waals surface area contributed by atoms with Gasteiger partial charge in [0.2, 0.25) is 0 Å². The summed E-state index contributed by atoms with van der Waals surface area (Å²) >= 11 is 0. The minimum Gasteiger partial charge on any atom is -0.494 e. The molecule has 0 saturated heterocycles. The molecule has 0 aliphatic carbocycles. The van der Waals surface area contributed by atoms with Gasteiger partial charge in [-0.2, -0.15) is 22.6 Å². The predicted octanol–water partition coefficient (Wildman–Crippen LogP) is 6.89. The van der Waals surface area contributed by atoms with Crippen molar-refractivity contribution in [3.8, 4) is 16.9 Å². The van der Waals surface area contributed by atoms with Gasteiger partial charge in [-0.1, -0.05) is 74.5 Å². The summed E-state index contributed by atoms with van der Waals surface area (Å²) in [7, 11) is -4.85. The SMILES string of the molecule is CC(C)c1cc(OCCCCCC(=O)OCc2ccccc2)cc2c1C(=O)N(C(=O)c1n[nH]c(C(F)(F)F)c1-c1ccccc1)S2(=O)=O. The molecule has 0 spiro atoms. The zero-order chi connectivity index (χ0) is 34.6. The van der Waals surface area contributed by atoms with Crippen LogP contribution in [0.2, 0.25) is 0 Å². The van der Waals surface area contributed by atoms with Crippen molar-refractivity contribution in [2.24, 2.45) is 0 Å². The number of rotatable bonds is 12. The average molecular weight is 684 g/mol. The molecule has 4 aromatic rings. The largest absolute Gasteiger partial charge is 0.494 e. The fourth-order valence-corrected chi connectivity index (χ4v) is 6.86. The summed E-state index contributed by atoms with van der Waals surface area (Å²) in [5, 5.41) is 5.34. The molecule has 0 fully saturated rings. The number of carbonyl (C=O) groups excluding carboxylic acids is 3. The van der Waals surface area contributed by atoms with E-state index in [1.165, 1.54) is 30.3 Å². The second-order valence-corrected chi connectivity index (χ2v) is 13.2. The Labute approximate surface area is 274 Å². The number of hydrogen-bond acceptors (Lipinski definition) is 8. The maximum atomic E-state index is 13.9. The first-order chi connectivity index (χ1) is 22.8. The molecule has 0 atom stereocenters. The topological polar surface area (TPSA) is 136 Å². The van der Waals surface area contributed by atoms with Crippen LogP contribution in [0.15, 0.2) is 77.7 Å². The molecule has 2 heterocycles. The molecule has 3 aromatic carbocycles. The summed E-state index contributed by atoms with van der Waals surface area (Å²) in [5.74, 6) is -3.30. The number of imide groups is 1. The Bertz CT molecular complexity index is 1930. The van der Waals surface area contributed by atoms with Gasteiger partial charge < -0.3 is 9.47 Å². The Hall–Kier alpha value is -4.98. The van der Waals surface area contributed by atoms with Gasteiger partial charge in [0.15, 0.2) is 5.69 Å². The van der Waals surface area contributed by atoms with E-state index in [1.807, 2.05) is 30.3 Å². The Morgan fingerprint density at radius 3 is 2.25 bits per heavy atom. The van der Waals surface area contributed by atoms with Gasteiger partial charge in [0, 0.05) is 18.1 Å². The van der Waals surface area contributed by atoms with Crippen molar-refractivity contribution in [1.29, 1.82) is 0 Å². The number of nitrogens with one attached hydrogen (secondary N) is 1. The van der Waals surface area contributed by atoms with E-state index in [1.54, 1.807) is 25.0 Å². The van der Waals surface area contributed by atoms with Crippen molar-refractivity contribution in [3.63, 3.8) is 0 Å². The molecule has 14 heteroatoms. The molecule has 0 unspecified atom stereocenters. The normalized spacial score (nSPS) is 13.9. The van der Waals surface area contributed by atoms with Crippen LogP contribution in [0.4, 0.5) is 13.2 Å². The smallest absolute Gasteiger partial charge is 0.433 e. The minimum absolute atomic E-state index is 0.0348. The molecular weight excluding hydrogens is 651 g/mol. The monoisotopic (exact) mass is 683 g/mol. The zero-order valence-electron chi connectivity index (χ0n) is 26.0. The van der Waals surface area contributed by atoms with E-state index >= 15 is 0 Å². The number of esters is 1. The highest BCUT2D eigenvalue weighted by molar-refractivity contribution is 7.91. The van der Waals surface area contributed by atoms with Gasteiger partial charge in [-0.05, 0) is 47.9 Å². The molecule has 252 valence electrons. The Morgan fingerprint density at radius 2 is 1.60 bits per heavy atom. The number of H-pyrrole nitrogens is 1. The molecule has 0 saturated carbocycles. The van der Waals surface area contributed by atoms with Gasteiger partial charge in [-0.25, -0.2) is 8.42 Å². The number of amides is 2. The van der Waals surface area contributed by atoms with Crippen LogP contribution >= 0.6 is 0 Å². The zero-order valence-corrected chi connectivity index (χ0v) is 26.9. The fourth-order valence-electron chi connectivity index (χ4n) is 5.32. The number of ether oxygens (including phenoxy) is 2. The first-order valence-electron chi connectivity index (χ1n) is 15.2. The lowest BCUT2D eigenvalue weighted by Gasteiger charge is -2.14. The van der Waals surface area contributed by atoms with Gasteiger partial charge in [0.05, 0.1) is 12.2 Å². The summed E-state index contributed by atoms with van der Waals surface area (Å²) in [4.78, 5) is 38.9. The average Bonchev–Trinajstić information content (AvgIpc) is 3.59. The maximum Gasteiger partial charge on any atom is 0.433 e. The molecule has 5 rings (SSSR count). The van der Waals surface area contributed by atoms with Crippen LogP contribution in [0, 0.1) is 0 Å². The number of sulfonamides is 1. The summed E-state index contributed by atoms with van der Waals surface area (Å²) in [6.45, 7) is 3.80. The van der Waals surface area contributed by atoms with Crippen molar-refractivity contribution in [1.82, 2.24) is 14.5 Å². The molecule has 1 aliphatic heterocycles. The molecule has 48 heavy (non-hydrogen) atoms. The number of carbonyl (C=O) groups is 3. The molecule has 2 amide bonds. The number of nitrogens with zero attached hydrogens (tertiary/aromatic N) is 2. The van der Waals surface area contributed by atoms with E-state index in [4.69, 9.17) is 9.47 Å². The highest BCUT2D eigenvalue weighted by Gasteiger charge is 2.50. The Morgan fingerprint density at radius 1 is 0.938 bits per heavy atom. The van der Waals surface area contributed by atoms with Crippen LogP contribution in [-0.4, -0.2) is 47.3 Å². The number of hydrogen-bond donors (Lipinski definition) is 1. The van der Waals surface area contributed by atoms with Gasteiger partial charge in [-0.15, -0.1) is 0 Å². The van der Waals surface area contributed by atoms with Crippen molar-refractivity contribution in [2.75, 3.05) is 6.61 Å². The Kier molecular flexibility index (Phi) is 10.0. The predicted molar refractivity (Wildman–Crippen MR) is 167 cm³/mol. The summed E-state index contributed by atoms with van der Waals surface area (Å²) in [6, 6.07) is 19.0. The first kappa shape index (κ1) is 34.4. The number of halogens is 3. The van der Waals surface area contributed by atoms with E-state index in [0.29, 0.717) is 19.3 Å². The lowest BCUT2D eigenvalue weighted by Crippen LogP contribution is -2.37. The van der Waals surface area contributed by atoms with E-state index in [2.05, 4.69) is 5.10 Å². The van der Waals surface area contributed by atoms with Crippen molar-refractivity contribution in [3.05, 3.63) is 101 Å². The summed E-state index contributed by atoms with van der Waals surface area (Å²) < 4.78 is 80.2. The molecule has 0 radical (unpaired) electrons. The molecule has 1 aliphatic rings. The maximum absolute atomic E-state index is 13.9. The third kappa shape index (κ3) is 7.13. The third-order valence-corrected chi connectivity index (χ3v) is 9.37. The van der Waals surface area contributed by atoms with Crippen LogP contribution in [0.3, 0.4) is 0 Å². The van der Waals surface area contributed by atoms with Crippen LogP contribution < -0.4 is 4.74 Å². The molecule has 1 N–H and O–H groups in total. The van der Waals surface area contributed by atoms with Gasteiger partial charge in [0.25, 0.3) is 21.8 Å². The van der Waals surface area contributed by atoms with Crippen LogP contribution in [-0.2, 0) is 32.3 Å². The lowest BCUT2D eigenvalue weighted by atomic mass is 9.96. The highest BCUT2D eigenvalue weighted by atomic mass is 32.2. The summed E-state index contributed by atoms with van der Waals surface area (Å²) in [6.07, 6.45) is -3.04. The first-order valence-corrected chi connectivity index (χ1v) is 16.6. The number of aromatic nitrogens is 2. The van der Waals surface area contributed by atoms with E-state index in [-0.39, 0.29) is 58.3 Å². The number of unbranched alkanes of at least 4 members (excludes halogenated alkanes) is 2. The minimum atomic E-state index is -4.96. The fraction of sp³-hybridized carbons (Fsp3) is 0.294. The number of benzene rings is 3. The molecule has 0 bridgehead atoms. The standard InChI is InChI=1S/C34H32F3N3O7S/c1-21(2)25-18-24(46-17-11-5-10-16-27(41)47-20-22-12-6-3-7-13-22)19-26-29(25)32(42)40(48(26,44)45)33(43)30-28(23-14-8-4-9-15-23)31(39-38-30)34(35,36)37/h3-4,6-9,12-15,18-19,21H,5,10-11,16-17,20H2,1-2H3,(H,38,39). The van der Waals surface area contributed by atoms with E-state index in [0.717, 1.165) is 11.6 Å². The molecular formula is C34H32F3N3O7S. The van der Waals surface area contributed by atoms with Crippen LogP contribution in [0.1, 0.15) is 83.1 Å². The number of alkyl halides is 3. The lowest BCUT2D eigenvalue weighted by molar-refractivity contribution is -0.145. The molecule has 1 aromatic heterocycles. The highest BCUT2D eigenvalue weighted by Crippen LogP contribution is 2.42. The van der Waals surface area contributed by atoms with Crippen molar-refractivity contribution < 1.29 is 45.4 Å². The van der Waals surface area contributed by atoms with Crippen LogP contribution in [0.5, 0.6) is 5.75 Å². The van der Waals surface area contributed by atoms with Gasteiger partial charge >= 0.3 is 12.1 Å². The number of aromatic amines is 1. The van der Waals surface area contributed by atoms with Gasteiger partial charge in [-0.3, -0.25) is 19.5 Å². The van der Waals surface area contributed by atoms with Crippen molar-refractivity contribution >= 4 is 27.8 Å². The van der Waals surface area contributed by atoms with Crippen LogP contribution in [0.25, 0.3) is 11.1 Å². The second-order valence-electron chi connectivity index (χ2n) is 11.4. The second kappa shape index (κ2) is 14.0. The summed E-state index contributed by atoms with van der Waals surface area (Å²) in [5.41, 5.74) is -2.04.